The fourth-order valence-corrected chi connectivity index (χ4v) is 3.11. The highest BCUT2D eigenvalue weighted by Gasteiger charge is 2.50. The van der Waals surface area contributed by atoms with Crippen LogP contribution < -0.4 is 4.18 Å². The van der Waals surface area contributed by atoms with Crippen LogP contribution in [0.15, 0.2) is 18.2 Å². The summed E-state index contributed by atoms with van der Waals surface area (Å²) < 4.78 is 124. The number of rotatable bonds is 3. The number of halogens is 6. The van der Waals surface area contributed by atoms with E-state index in [0.717, 1.165) is 19.1 Å². The van der Waals surface area contributed by atoms with Gasteiger partial charge in [-0.25, -0.2) is 0 Å². The lowest BCUT2D eigenvalue weighted by atomic mass is 10.2. The number of hydrogen-bond donors (Lipinski definition) is 0. The number of aryl methyl sites for hydroxylation is 1. The van der Waals surface area contributed by atoms with Gasteiger partial charge in [-0.05, 0) is 19.1 Å². The van der Waals surface area contributed by atoms with Gasteiger partial charge in [-0.1, -0.05) is 6.07 Å². The van der Waals surface area contributed by atoms with E-state index < -0.39 is 57.6 Å². The molecule has 0 unspecified atom stereocenters. The van der Waals surface area contributed by atoms with Crippen LogP contribution in [0.25, 0.3) is 10.9 Å². The number of nitrogens with zero attached hydrogens (tertiary/aromatic N) is 2. The van der Waals surface area contributed by atoms with E-state index in [2.05, 4.69) is 9.28 Å². The Kier molecular flexibility index (Phi) is 4.23. The summed E-state index contributed by atoms with van der Waals surface area (Å²) in [6.45, 7) is 0.970. The van der Waals surface area contributed by atoms with Gasteiger partial charge in [-0.2, -0.15) is 48.3 Å². The summed E-state index contributed by atoms with van der Waals surface area (Å²) >= 11 is 0. The molecule has 0 saturated heterocycles. The summed E-state index contributed by atoms with van der Waals surface area (Å²) in [5.74, 6) is -1.02. The molecule has 1 aromatic heterocycles. The quantitative estimate of drug-likeness (QED) is 0.436. The summed E-state index contributed by atoms with van der Waals surface area (Å²) in [5.41, 5.74) is -12.8. The van der Waals surface area contributed by atoms with Gasteiger partial charge in [-0.15, -0.1) is 4.09 Å². The molecule has 2 aromatic rings. The topological polar surface area (TPSA) is 95.3 Å². The summed E-state index contributed by atoms with van der Waals surface area (Å²) in [6.07, 6.45) is 0. The lowest BCUT2D eigenvalue weighted by Gasteiger charge is -2.11. The monoisotopic (exact) mass is 412 g/mol. The molecule has 0 N–H and O–H groups in total. The molecular weight excluding hydrogens is 406 g/mol. The average Bonchev–Trinajstić information content (AvgIpc) is 2.75. The number of alkyl halides is 6. The second-order valence-electron chi connectivity index (χ2n) is 4.51. The molecule has 140 valence electrons. The van der Waals surface area contributed by atoms with Gasteiger partial charge in [0.25, 0.3) is 0 Å². The van der Waals surface area contributed by atoms with Gasteiger partial charge in [0, 0.05) is 0 Å². The summed E-state index contributed by atoms with van der Waals surface area (Å²) in [5, 5.41) is 2.50. The molecule has 0 amide bonds. The van der Waals surface area contributed by atoms with Crippen molar-refractivity contribution >= 4 is 31.0 Å². The van der Waals surface area contributed by atoms with Crippen LogP contribution in [-0.2, 0) is 20.1 Å². The van der Waals surface area contributed by atoms with Crippen molar-refractivity contribution in [3.05, 3.63) is 23.9 Å². The summed E-state index contributed by atoms with van der Waals surface area (Å²) in [6, 6.07) is 2.32. The minimum absolute atomic E-state index is 0.454. The van der Waals surface area contributed by atoms with Crippen molar-refractivity contribution in [3.8, 4) is 5.75 Å². The van der Waals surface area contributed by atoms with Crippen molar-refractivity contribution in [1.29, 1.82) is 0 Å². The molecule has 0 bridgehead atoms. The van der Waals surface area contributed by atoms with Crippen molar-refractivity contribution in [3.63, 3.8) is 0 Å². The van der Waals surface area contributed by atoms with Crippen LogP contribution in [0.3, 0.4) is 0 Å². The Morgan fingerprint density at radius 2 is 1.56 bits per heavy atom. The standard InChI is InChI=1S/C10H6F6N2O5S2/c1-5-8-6(18(17-5)24(19,20)9(11,12)13)3-2-4-7(8)23-25(21,22)10(14,15)16/h2-4H,1H3. The molecule has 0 fully saturated rings. The Balaban J connectivity index is 2.75. The second kappa shape index (κ2) is 5.48. The van der Waals surface area contributed by atoms with Crippen LogP contribution in [0.5, 0.6) is 5.75 Å². The predicted octanol–water partition coefficient (Wildman–Crippen LogP) is 2.27. The fourth-order valence-electron chi connectivity index (χ4n) is 1.80. The molecule has 0 saturated carbocycles. The third kappa shape index (κ3) is 3.12. The van der Waals surface area contributed by atoms with Gasteiger partial charge in [-0.3, -0.25) is 0 Å². The highest BCUT2D eigenvalue weighted by Crippen LogP contribution is 2.35. The van der Waals surface area contributed by atoms with Gasteiger partial charge in [0.2, 0.25) is 0 Å². The molecule has 2 rings (SSSR count). The van der Waals surface area contributed by atoms with Crippen LogP contribution >= 0.6 is 0 Å². The SMILES string of the molecule is Cc1nn(S(=O)(=O)C(F)(F)F)c2cccc(OS(=O)(=O)C(F)(F)F)c12. The van der Waals surface area contributed by atoms with E-state index >= 15 is 0 Å². The lowest BCUT2D eigenvalue weighted by Crippen LogP contribution is -2.30. The number of hydrogen-bond acceptors (Lipinski definition) is 6. The molecule has 0 aliphatic heterocycles. The largest absolute Gasteiger partial charge is 0.534 e. The van der Waals surface area contributed by atoms with Crippen molar-refractivity contribution < 1.29 is 47.4 Å². The molecule has 0 spiro atoms. The Hall–Kier alpha value is -2.03. The molecule has 1 aromatic carbocycles. The van der Waals surface area contributed by atoms with Gasteiger partial charge < -0.3 is 4.18 Å². The van der Waals surface area contributed by atoms with Crippen LogP contribution in [0.2, 0.25) is 0 Å². The van der Waals surface area contributed by atoms with Crippen molar-refractivity contribution in [2.75, 3.05) is 0 Å². The van der Waals surface area contributed by atoms with Crippen LogP contribution in [-0.4, -0.2) is 37.0 Å². The Morgan fingerprint density at radius 3 is 2.04 bits per heavy atom. The van der Waals surface area contributed by atoms with E-state index in [1.807, 2.05) is 0 Å². The molecule has 0 radical (unpaired) electrons. The summed E-state index contributed by atoms with van der Waals surface area (Å²) in [7, 11) is -12.1. The van der Waals surface area contributed by atoms with Crippen molar-refractivity contribution in [1.82, 2.24) is 9.19 Å². The fraction of sp³-hybridized carbons (Fsp3) is 0.300. The first-order valence-corrected chi connectivity index (χ1v) is 8.75. The van der Waals surface area contributed by atoms with Crippen LogP contribution in [0.4, 0.5) is 26.3 Å². The first-order valence-electron chi connectivity index (χ1n) is 5.90. The van der Waals surface area contributed by atoms with Crippen molar-refractivity contribution in [2.24, 2.45) is 0 Å². The Morgan fingerprint density at radius 1 is 1.00 bits per heavy atom. The van der Waals surface area contributed by atoms with Gasteiger partial charge >= 0.3 is 31.2 Å². The summed E-state index contributed by atoms with van der Waals surface area (Å²) in [4.78, 5) is 0. The molecule has 0 atom stereocenters. The maximum absolute atomic E-state index is 12.7. The number of benzene rings is 1. The predicted molar refractivity (Wildman–Crippen MR) is 70.4 cm³/mol. The maximum Gasteiger partial charge on any atom is 0.534 e. The third-order valence-corrected chi connectivity index (χ3v) is 5.10. The smallest absolute Gasteiger partial charge is 0.375 e. The van der Waals surface area contributed by atoms with E-state index in [-0.39, 0.29) is 0 Å². The van der Waals surface area contributed by atoms with Crippen LogP contribution in [0.1, 0.15) is 5.69 Å². The Bertz CT molecular complexity index is 1040. The van der Waals surface area contributed by atoms with Crippen LogP contribution in [0, 0.1) is 6.92 Å². The zero-order valence-corrected chi connectivity index (χ0v) is 13.4. The zero-order chi connectivity index (χ0) is 19.4. The first kappa shape index (κ1) is 19.3. The molecule has 25 heavy (non-hydrogen) atoms. The Labute approximate surface area is 136 Å². The molecule has 7 nitrogen and oxygen atoms in total. The van der Waals surface area contributed by atoms with Crippen molar-refractivity contribution in [2.45, 2.75) is 17.9 Å². The van der Waals surface area contributed by atoms with E-state index in [1.54, 1.807) is 0 Å². The molecule has 15 heteroatoms. The maximum atomic E-state index is 12.7. The lowest BCUT2D eigenvalue weighted by molar-refractivity contribution is -0.0500. The van der Waals surface area contributed by atoms with E-state index in [1.165, 1.54) is 0 Å². The zero-order valence-electron chi connectivity index (χ0n) is 11.8. The van der Waals surface area contributed by atoms with Gasteiger partial charge in [0.1, 0.15) is 0 Å². The normalized spacial score (nSPS) is 14.0. The van der Waals surface area contributed by atoms with Gasteiger partial charge in [0.05, 0.1) is 16.6 Å². The highest BCUT2D eigenvalue weighted by atomic mass is 32.2. The number of fused-ring (bicyclic) bond motifs is 1. The van der Waals surface area contributed by atoms with Gasteiger partial charge in [0.15, 0.2) is 5.75 Å². The van der Waals surface area contributed by atoms with E-state index in [4.69, 9.17) is 0 Å². The van der Waals surface area contributed by atoms with E-state index in [0.29, 0.717) is 6.07 Å². The molecule has 0 aliphatic carbocycles. The molecular formula is C10H6F6N2O5S2. The average molecular weight is 412 g/mol. The molecule has 1 heterocycles. The second-order valence-corrected chi connectivity index (χ2v) is 7.81. The van der Waals surface area contributed by atoms with E-state index in [9.17, 15) is 43.2 Å². The molecule has 0 aliphatic rings. The third-order valence-electron chi connectivity index (χ3n) is 2.82. The first-order chi connectivity index (χ1) is 11.1. The minimum Gasteiger partial charge on any atom is -0.375 e. The number of aromatic nitrogens is 2. The highest BCUT2D eigenvalue weighted by molar-refractivity contribution is 7.90. The minimum atomic E-state index is -6.12.